The smallest absolute Gasteiger partial charge is 0.163 e. The first-order valence-corrected chi connectivity index (χ1v) is 9.85. The van der Waals surface area contributed by atoms with Crippen LogP contribution in [0, 0.1) is 11.6 Å². The van der Waals surface area contributed by atoms with Crippen molar-refractivity contribution in [2.75, 3.05) is 26.4 Å². The van der Waals surface area contributed by atoms with Crippen molar-refractivity contribution in [2.24, 2.45) is 0 Å². The molecule has 0 N–H and O–H groups in total. The fourth-order valence-corrected chi connectivity index (χ4v) is 2.61. The van der Waals surface area contributed by atoms with Gasteiger partial charge in [0.1, 0.15) is 23.7 Å². The summed E-state index contributed by atoms with van der Waals surface area (Å²) >= 11 is 0. The molecule has 2 aromatic carbocycles. The molecular weight excluding hydrogens is 406 g/mol. The highest BCUT2D eigenvalue weighted by Crippen LogP contribution is 2.14. The second-order valence-corrected chi connectivity index (χ2v) is 6.77. The summed E-state index contributed by atoms with van der Waals surface area (Å²) < 4.78 is 34.8. The van der Waals surface area contributed by atoms with Crippen molar-refractivity contribution in [3.05, 3.63) is 76.9 Å². The molecule has 0 unspecified atom stereocenters. The molecule has 0 aromatic heterocycles. The molecule has 0 saturated carbocycles. The molecule has 2 aliphatic heterocycles. The standard InChI is InChI=1S/C12H11FO2.C7H5FO.C5H8O2/c13-11-3-1-9(2-4-11)7-10-8-15-6-5-12(10)14;8-7-3-1-6(5-9)2-4-7;6-5-1-3-7-4-2-5/h1-4,7H,5-6,8H2;1-5H;1-4H2/b10-7+;;. The van der Waals surface area contributed by atoms with Crippen molar-refractivity contribution in [1.29, 1.82) is 0 Å². The molecule has 0 atom stereocenters. The van der Waals surface area contributed by atoms with E-state index < -0.39 is 0 Å². The first-order valence-electron chi connectivity index (χ1n) is 9.85. The van der Waals surface area contributed by atoms with Crippen LogP contribution in [-0.4, -0.2) is 44.3 Å². The normalized spacial score (nSPS) is 17.2. The Kier molecular flexibility index (Phi) is 10.4. The Morgan fingerprint density at radius 3 is 1.68 bits per heavy atom. The number of rotatable bonds is 2. The molecule has 2 aliphatic rings. The zero-order valence-corrected chi connectivity index (χ0v) is 17.0. The second kappa shape index (κ2) is 13.3. The van der Waals surface area contributed by atoms with Crippen LogP contribution < -0.4 is 0 Å². The molecule has 0 radical (unpaired) electrons. The predicted octanol–water partition coefficient (Wildman–Crippen LogP) is 4.20. The summed E-state index contributed by atoms with van der Waals surface area (Å²) in [5.74, 6) is -0.138. The van der Waals surface area contributed by atoms with Gasteiger partial charge in [-0.05, 0) is 48.0 Å². The van der Waals surface area contributed by atoms with Gasteiger partial charge < -0.3 is 9.47 Å². The van der Waals surface area contributed by atoms with E-state index in [4.69, 9.17) is 9.47 Å². The number of ketones is 2. The number of halogens is 2. The summed E-state index contributed by atoms with van der Waals surface area (Å²) in [5.41, 5.74) is 1.98. The summed E-state index contributed by atoms with van der Waals surface area (Å²) in [7, 11) is 0. The maximum absolute atomic E-state index is 12.6. The molecule has 2 aromatic rings. The zero-order valence-electron chi connectivity index (χ0n) is 17.0. The van der Waals surface area contributed by atoms with Crippen molar-refractivity contribution < 1.29 is 32.6 Å². The van der Waals surface area contributed by atoms with Crippen molar-refractivity contribution in [1.82, 2.24) is 0 Å². The van der Waals surface area contributed by atoms with E-state index in [1.165, 1.54) is 36.4 Å². The molecule has 164 valence electrons. The Balaban J connectivity index is 0.000000181. The highest BCUT2D eigenvalue weighted by Gasteiger charge is 2.14. The van der Waals surface area contributed by atoms with Crippen LogP contribution in [0.3, 0.4) is 0 Å². The van der Waals surface area contributed by atoms with Gasteiger partial charge in [-0.25, -0.2) is 8.78 Å². The number of carbonyl (C=O) groups excluding carboxylic acids is 3. The van der Waals surface area contributed by atoms with Gasteiger partial charge in [-0.2, -0.15) is 0 Å². The van der Waals surface area contributed by atoms with E-state index in [-0.39, 0.29) is 17.4 Å². The lowest BCUT2D eigenvalue weighted by atomic mass is 10.0. The van der Waals surface area contributed by atoms with Gasteiger partial charge in [0.25, 0.3) is 0 Å². The summed E-state index contributed by atoms with van der Waals surface area (Å²) in [5, 5.41) is 0. The minimum Gasteiger partial charge on any atom is -0.381 e. The van der Waals surface area contributed by atoms with Crippen LogP contribution in [0.25, 0.3) is 6.08 Å². The summed E-state index contributed by atoms with van der Waals surface area (Å²) in [4.78, 5) is 31.8. The minimum atomic E-state index is -0.319. The minimum absolute atomic E-state index is 0.116. The van der Waals surface area contributed by atoms with E-state index in [0.29, 0.717) is 68.9 Å². The van der Waals surface area contributed by atoms with Crippen LogP contribution in [0.5, 0.6) is 0 Å². The second-order valence-electron chi connectivity index (χ2n) is 6.77. The molecule has 2 saturated heterocycles. The fraction of sp³-hybridized carbons (Fsp3) is 0.292. The Morgan fingerprint density at radius 1 is 0.710 bits per heavy atom. The van der Waals surface area contributed by atoms with Crippen molar-refractivity contribution >= 4 is 23.9 Å². The Hall–Kier alpha value is -3.03. The summed E-state index contributed by atoms with van der Waals surface area (Å²) in [6, 6.07) is 11.4. The highest BCUT2D eigenvalue weighted by atomic mass is 19.1. The fourth-order valence-electron chi connectivity index (χ4n) is 2.61. The molecule has 31 heavy (non-hydrogen) atoms. The number of benzene rings is 2. The van der Waals surface area contributed by atoms with Gasteiger partial charge in [-0.15, -0.1) is 0 Å². The molecule has 2 fully saturated rings. The number of hydrogen-bond donors (Lipinski definition) is 0. The quantitative estimate of drug-likeness (QED) is 0.528. The van der Waals surface area contributed by atoms with E-state index in [2.05, 4.69) is 0 Å². The van der Waals surface area contributed by atoms with Crippen LogP contribution in [0.2, 0.25) is 0 Å². The number of ether oxygens (including phenoxy) is 2. The zero-order chi connectivity index (χ0) is 22.5. The number of aldehydes is 1. The van der Waals surface area contributed by atoms with Crippen LogP contribution in [0.15, 0.2) is 54.1 Å². The van der Waals surface area contributed by atoms with Gasteiger partial charge in [0.15, 0.2) is 5.78 Å². The van der Waals surface area contributed by atoms with E-state index in [0.717, 1.165) is 5.56 Å². The van der Waals surface area contributed by atoms with Gasteiger partial charge in [-0.1, -0.05) is 12.1 Å². The molecule has 7 heteroatoms. The Labute approximate surface area is 179 Å². The SMILES string of the molecule is O=C1CCOC/C1=C\c1ccc(F)cc1.O=C1CCOCC1.O=Cc1ccc(F)cc1. The Bertz CT molecular complexity index is 881. The van der Waals surface area contributed by atoms with E-state index in [1.54, 1.807) is 18.2 Å². The molecule has 0 bridgehead atoms. The highest BCUT2D eigenvalue weighted by molar-refractivity contribution is 6.00. The average Bonchev–Trinajstić information content (AvgIpc) is 2.79. The molecule has 0 amide bonds. The van der Waals surface area contributed by atoms with Gasteiger partial charge in [-0.3, -0.25) is 14.4 Å². The van der Waals surface area contributed by atoms with Crippen LogP contribution in [-0.2, 0) is 19.1 Å². The maximum atomic E-state index is 12.6. The number of carbonyl (C=O) groups is 3. The third-order valence-electron chi connectivity index (χ3n) is 4.36. The van der Waals surface area contributed by atoms with Crippen molar-refractivity contribution in [3.8, 4) is 0 Å². The number of Topliss-reactive ketones (excluding diaryl/α,β-unsaturated/α-hetero) is 2. The van der Waals surface area contributed by atoms with E-state index >= 15 is 0 Å². The van der Waals surface area contributed by atoms with Gasteiger partial charge in [0, 0.05) is 30.4 Å². The molecule has 4 rings (SSSR count). The monoisotopic (exact) mass is 430 g/mol. The maximum Gasteiger partial charge on any atom is 0.163 e. The lowest BCUT2D eigenvalue weighted by Crippen LogP contribution is -2.18. The van der Waals surface area contributed by atoms with Crippen molar-refractivity contribution in [3.63, 3.8) is 0 Å². The third-order valence-corrected chi connectivity index (χ3v) is 4.36. The van der Waals surface area contributed by atoms with E-state index in [1.807, 2.05) is 0 Å². The molecule has 5 nitrogen and oxygen atoms in total. The van der Waals surface area contributed by atoms with Crippen molar-refractivity contribution in [2.45, 2.75) is 19.3 Å². The molecular formula is C24H24F2O5. The first-order chi connectivity index (χ1) is 15.0. The van der Waals surface area contributed by atoms with E-state index in [9.17, 15) is 23.2 Å². The molecule has 2 heterocycles. The number of hydrogen-bond acceptors (Lipinski definition) is 5. The summed E-state index contributed by atoms with van der Waals surface area (Å²) in [6.07, 6.45) is 4.12. The van der Waals surface area contributed by atoms with Crippen LogP contribution in [0.1, 0.15) is 35.2 Å². The Morgan fingerprint density at radius 2 is 1.23 bits per heavy atom. The third kappa shape index (κ3) is 9.55. The van der Waals surface area contributed by atoms with Crippen LogP contribution in [0.4, 0.5) is 8.78 Å². The lowest BCUT2D eigenvalue weighted by molar-refractivity contribution is -0.124. The first kappa shape index (κ1) is 24.2. The van der Waals surface area contributed by atoms with Gasteiger partial charge in [0.05, 0.1) is 26.4 Å². The van der Waals surface area contributed by atoms with Gasteiger partial charge in [0.2, 0.25) is 0 Å². The van der Waals surface area contributed by atoms with Gasteiger partial charge >= 0.3 is 0 Å². The predicted molar refractivity (Wildman–Crippen MR) is 112 cm³/mol. The largest absolute Gasteiger partial charge is 0.381 e. The average molecular weight is 430 g/mol. The molecule has 0 spiro atoms. The topological polar surface area (TPSA) is 69.7 Å². The molecule has 0 aliphatic carbocycles. The summed E-state index contributed by atoms with van der Waals surface area (Å²) in [6.45, 7) is 2.13. The lowest BCUT2D eigenvalue weighted by Gasteiger charge is -2.13. The van der Waals surface area contributed by atoms with Crippen LogP contribution >= 0.6 is 0 Å².